The SMILES string of the molecule is C=CCn1c(S[C@H](C)c2nc3sc(C)c(C)c3c(=O)[nH]2)nnc1[C@@H]1COc2ccccc2O1. The molecule has 0 amide bonds. The van der Waals surface area contributed by atoms with E-state index in [-0.39, 0.29) is 16.9 Å². The Labute approximate surface area is 198 Å². The predicted molar refractivity (Wildman–Crippen MR) is 130 cm³/mol. The van der Waals surface area contributed by atoms with Gasteiger partial charge in [0.1, 0.15) is 17.3 Å². The number of aryl methyl sites for hydroxylation is 2. The van der Waals surface area contributed by atoms with Gasteiger partial charge in [-0.15, -0.1) is 28.1 Å². The Morgan fingerprint density at radius 3 is 2.91 bits per heavy atom. The molecular formula is C23H23N5O3S2. The number of hydrogen-bond donors (Lipinski definition) is 1. The first-order valence-corrected chi connectivity index (χ1v) is 12.2. The zero-order chi connectivity index (χ0) is 23.1. The number of allylic oxidation sites excluding steroid dienone is 1. The molecule has 10 heteroatoms. The lowest BCUT2D eigenvalue weighted by Gasteiger charge is -2.26. The van der Waals surface area contributed by atoms with Crippen molar-refractivity contribution < 1.29 is 9.47 Å². The fourth-order valence-electron chi connectivity index (χ4n) is 3.75. The van der Waals surface area contributed by atoms with Crippen LogP contribution in [0.2, 0.25) is 0 Å². The van der Waals surface area contributed by atoms with Crippen LogP contribution in [0.3, 0.4) is 0 Å². The van der Waals surface area contributed by atoms with E-state index in [4.69, 9.17) is 14.5 Å². The van der Waals surface area contributed by atoms with Gasteiger partial charge < -0.3 is 14.5 Å². The highest BCUT2D eigenvalue weighted by molar-refractivity contribution is 7.99. The summed E-state index contributed by atoms with van der Waals surface area (Å²) >= 11 is 3.02. The molecule has 0 saturated heterocycles. The molecule has 0 fully saturated rings. The van der Waals surface area contributed by atoms with E-state index in [1.165, 1.54) is 11.8 Å². The Bertz CT molecular complexity index is 1410. The molecule has 0 aliphatic carbocycles. The molecule has 3 aromatic heterocycles. The van der Waals surface area contributed by atoms with Gasteiger partial charge in [0.15, 0.2) is 28.6 Å². The Hall–Kier alpha value is -3.11. The van der Waals surface area contributed by atoms with E-state index in [1.807, 2.05) is 49.6 Å². The maximum atomic E-state index is 12.7. The van der Waals surface area contributed by atoms with E-state index >= 15 is 0 Å². The highest BCUT2D eigenvalue weighted by Gasteiger charge is 2.29. The van der Waals surface area contributed by atoms with Gasteiger partial charge in [-0.25, -0.2) is 4.98 Å². The molecule has 5 rings (SSSR count). The average Bonchev–Trinajstić information content (AvgIpc) is 3.33. The van der Waals surface area contributed by atoms with Crippen LogP contribution >= 0.6 is 23.1 Å². The Kier molecular flexibility index (Phi) is 5.71. The van der Waals surface area contributed by atoms with Crippen LogP contribution in [0, 0.1) is 13.8 Å². The molecule has 0 bridgehead atoms. The maximum Gasteiger partial charge on any atom is 0.259 e. The lowest BCUT2D eigenvalue weighted by atomic mass is 10.2. The zero-order valence-electron chi connectivity index (χ0n) is 18.5. The minimum absolute atomic E-state index is 0.107. The molecule has 170 valence electrons. The van der Waals surface area contributed by atoms with Crippen LogP contribution in [0.1, 0.15) is 40.4 Å². The summed E-state index contributed by atoms with van der Waals surface area (Å²) in [6.07, 6.45) is 1.41. The summed E-state index contributed by atoms with van der Waals surface area (Å²) in [4.78, 5) is 22.2. The number of aromatic amines is 1. The number of hydrogen-bond acceptors (Lipinski definition) is 8. The smallest absolute Gasteiger partial charge is 0.259 e. The van der Waals surface area contributed by atoms with Gasteiger partial charge in [0.2, 0.25) is 0 Å². The summed E-state index contributed by atoms with van der Waals surface area (Å²) in [5.41, 5.74) is 0.881. The number of fused-ring (bicyclic) bond motifs is 2. The second-order valence-corrected chi connectivity index (χ2v) is 10.3. The van der Waals surface area contributed by atoms with Crippen molar-refractivity contribution in [3.63, 3.8) is 0 Å². The standard InChI is InChI=1S/C23H23N5O3S2/c1-5-10-28-20(17-11-30-15-8-6-7-9-16(15)31-17)26-27-23(28)33-14(4)19-24-21(29)18-12(2)13(3)32-22(18)25-19/h5-9,14,17H,1,10-11H2,2-4H3,(H,24,25,29)/t14-,17+/m1/s1. The van der Waals surface area contributed by atoms with Crippen molar-refractivity contribution in [2.45, 2.75) is 43.8 Å². The van der Waals surface area contributed by atoms with E-state index < -0.39 is 0 Å². The molecule has 8 nitrogen and oxygen atoms in total. The van der Waals surface area contributed by atoms with Gasteiger partial charge in [-0.3, -0.25) is 9.36 Å². The van der Waals surface area contributed by atoms with Crippen LogP contribution in [-0.4, -0.2) is 31.3 Å². The highest BCUT2D eigenvalue weighted by atomic mass is 32.2. The molecule has 1 aliphatic rings. The fraction of sp³-hybridized carbons (Fsp3) is 0.304. The van der Waals surface area contributed by atoms with Crippen LogP contribution in [-0.2, 0) is 6.54 Å². The Morgan fingerprint density at radius 2 is 2.12 bits per heavy atom. The van der Waals surface area contributed by atoms with E-state index in [1.54, 1.807) is 17.4 Å². The summed E-state index contributed by atoms with van der Waals surface area (Å²) < 4.78 is 14.0. The summed E-state index contributed by atoms with van der Waals surface area (Å²) in [5.74, 6) is 2.68. The number of rotatable bonds is 6. The number of H-pyrrole nitrogens is 1. The number of aromatic nitrogens is 5. The summed E-state index contributed by atoms with van der Waals surface area (Å²) in [6, 6.07) is 7.57. The first-order valence-electron chi connectivity index (χ1n) is 10.5. The number of thioether (sulfide) groups is 1. The highest BCUT2D eigenvalue weighted by Crippen LogP contribution is 2.38. The summed E-state index contributed by atoms with van der Waals surface area (Å²) in [6.45, 7) is 10.7. The van der Waals surface area contributed by atoms with Crippen molar-refractivity contribution in [3.05, 3.63) is 69.4 Å². The monoisotopic (exact) mass is 481 g/mol. The van der Waals surface area contributed by atoms with E-state index in [0.717, 1.165) is 21.0 Å². The molecule has 1 aromatic carbocycles. The summed E-state index contributed by atoms with van der Waals surface area (Å²) in [5, 5.41) is 10.0. The molecule has 2 atom stereocenters. The van der Waals surface area contributed by atoms with E-state index in [0.29, 0.717) is 41.1 Å². The van der Waals surface area contributed by atoms with Gasteiger partial charge in [0.05, 0.1) is 10.6 Å². The molecule has 0 radical (unpaired) electrons. The van der Waals surface area contributed by atoms with Crippen LogP contribution in [0.25, 0.3) is 10.2 Å². The zero-order valence-corrected chi connectivity index (χ0v) is 20.1. The fourth-order valence-corrected chi connectivity index (χ4v) is 5.71. The minimum Gasteiger partial charge on any atom is -0.485 e. The van der Waals surface area contributed by atoms with Crippen LogP contribution in [0.5, 0.6) is 11.5 Å². The van der Waals surface area contributed by atoms with Crippen molar-refractivity contribution in [2.24, 2.45) is 0 Å². The summed E-state index contributed by atoms with van der Waals surface area (Å²) in [7, 11) is 0. The van der Waals surface area contributed by atoms with Crippen molar-refractivity contribution in [1.82, 2.24) is 24.7 Å². The number of nitrogens with zero attached hydrogens (tertiary/aromatic N) is 4. The van der Waals surface area contributed by atoms with Gasteiger partial charge in [-0.05, 0) is 38.5 Å². The van der Waals surface area contributed by atoms with Gasteiger partial charge in [-0.2, -0.15) is 0 Å². The van der Waals surface area contributed by atoms with Gasteiger partial charge >= 0.3 is 0 Å². The molecule has 33 heavy (non-hydrogen) atoms. The maximum absolute atomic E-state index is 12.7. The first kappa shape index (κ1) is 21.7. The Balaban J connectivity index is 1.43. The third-order valence-electron chi connectivity index (χ3n) is 5.58. The number of thiophene rings is 1. The van der Waals surface area contributed by atoms with E-state index in [9.17, 15) is 4.79 Å². The largest absolute Gasteiger partial charge is 0.485 e. The predicted octanol–water partition coefficient (Wildman–Crippen LogP) is 4.74. The van der Waals surface area contributed by atoms with Crippen LogP contribution in [0.4, 0.5) is 0 Å². The second-order valence-electron chi connectivity index (χ2n) is 7.78. The third-order valence-corrected chi connectivity index (χ3v) is 7.77. The molecule has 0 spiro atoms. The lowest BCUT2D eigenvalue weighted by Crippen LogP contribution is -2.25. The molecule has 4 heterocycles. The molecule has 1 N–H and O–H groups in total. The Morgan fingerprint density at radius 1 is 1.33 bits per heavy atom. The quantitative estimate of drug-likeness (QED) is 0.314. The molecule has 0 unspecified atom stereocenters. The van der Waals surface area contributed by atoms with Gasteiger partial charge in [0, 0.05) is 11.4 Å². The van der Waals surface area contributed by atoms with E-state index in [2.05, 4.69) is 21.8 Å². The topological polar surface area (TPSA) is 94.9 Å². The first-order chi connectivity index (χ1) is 16.0. The van der Waals surface area contributed by atoms with Crippen molar-refractivity contribution in [2.75, 3.05) is 6.61 Å². The number of benzene rings is 1. The molecular weight excluding hydrogens is 458 g/mol. The van der Waals surface area contributed by atoms with Gasteiger partial charge in [-0.1, -0.05) is 30.0 Å². The number of nitrogens with one attached hydrogen (secondary N) is 1. The van der Waals surface area contributed by atoms with Crippen molar-refractivity contribution >= 4 is 33.3 Å². The van der Waals surface area contributed by atoms with Gasteiger partial charge in [0.25, 0.3) is 5.56 Å². The van der Waals surface area contributed by atoms with Crippen molar-refractivity contribution in [1.29, 1.82) is 0 Å². The van der Waals surface area contributed by atoms with Crippen LogP contribution in [0.15, 0.2) is 46.9 Å². The molecule has 0 saturated carbocycles. The molecule has 1 aliphatic heterocycles. The second kappa shape index (κ2) is 8.68. The normalized spacial score (nSPS) is 16.2. The average molecular weight is 482 g/mol. The molecule has 4 aromatic rings. The van der Waals surface area contributed by atoms with Crippen LogP contribution < -0.4 is 15.0 Å². The van der Waals surface area contributed by atoms with Crippen molar-refractivity contribution in [3.8, 4) is 11.5 Å². The minimum atomic E-state index is -0.386. The third kappa shape index (κ3) is 3.93. The number of para-hydroxylation sites is 2. The lowest BCUT2D eigenvalue weighted by molar-refractivity contribution is 0.0821. The number of ether oxygens (including phenoxy) is 2.